The van der Waals surface area contributed by atoms with Crippen LogP contribution in [0.1, 0.15) is 15.9 Å². The van der Waals surface area contributed by atoms with Crippen molar-refractivity contribution in [2.75, 3.05) is 18.5 Å². The van der Waals surface area contributed by atoms with Gasteiger partial charge in [-0.25, -0.2) is 9.87 Å². The van der Waals surface area contributed by atoms with Crippen LogP contribution in [0.25, 0.3) is 10.1 Å². The van der Waals surface area contributed by atoms with E-state index in [0.29, 0.717) is 11.3 Å². The average molecular weight is 387 g/mol. The van der Waals surface area contributed by atoms with Gasteiger partial charge in [0.25, 0.3) is 5.91 Å². The van der Waals surface area contributed by atoms with E-state index in [1.54, 1.807) is 30.5 Å². The summed E-state index contributed by atoms with van der Waals surface area (Å²) in [4.78, 5) is 17.7. The van der Waals surface area contributed by atoms with Crippen molar-refractivity contribution in [2.45, 2.75) is 6.92 Å². The summed E-state index contributed by atoms with van der Waals surface area (Å²) in [6.45, 7) is 5.65. The largest absolute Gasteiger partial charge is 0.499 e. The molecule has 0 aliphatic heterocycles. The Kier molecular flexibility index (Phi) is 6.00. The van der Waals surface area contributed by atoms with Crippen LogP contribution in [0.3, 0.4) is 0 Å². The molecule has 1 heterocycles. The zero-order valence-corrected chi connectivity index (χ0v) is 15.4. The fourth-order valence-electron chi connectivity index (χ4n) is 2.45. The topological polar surface area (TPSA) is 72.5 Å². The first kappa shape index (κ1) is 18.8. The van der Waals surface area contributed by atoms with Crippen molar-refractivity contribution < 1.29 is 18.8 Å². The number of amides is 1. The molecule has 2 N–H and O–H groups in total. The van der Waals surface area contributed by atoms with Gasteiger partial charge in [-0.1, -0.05) is 18.7 Å². The standard InChI is InChI=1S/C19H18FN3O3S/c1-3-25-8-9-26-23-19(24)14-6-5-13-11-21-27-18(13)17(14)22-16-7-4-12(2)10-15(16)20/h3-7,10-11,22H,1,8-9H2,2H3,(H,23,24). The van der Waals surface area contributed by atoms with E-state index in [4.69, 9.17) is 9.57 Å². The van der Waals surface area contributed by atoms with E-state index in [9.17, 15) is 9.18 Å². The van der Waals surface area contributed by atoms with Gasteiger partial charge in [-0.2, -0.15) is 4.37 Å². The second kappa shape index (κ2) is 8.61. The maximum Gasteiger partial charge on any atom is 0.277 e. The summed E-state index contributed by atoms with van der Waals surface area (Å²) in [5, 5.41) is 3.88. The number of anilines is 2. The van der Waals surface area contributed by atoms with Crippen LogP contribution in [0.5, 0.6) is 0 Å². The normalized spacial score (nSPS) is 10.6. The molecule has 1 aromatic heterocycles. The Labute approximate surface area is 159 Å². The number of ether oxygens (including phenoxy) is 1. The third-order valence-corrected chi connectivity index (χ3v) is 4.57. The van der Waals surface area contributed by atoms with Gasteiger partial charge in [0.15, 0.2) is 0 Å². The van der Waals surface area contributed by atoms with Gasteiger partial charge in [-0.3, -0.25) is 9.63 Å². The Morgan fingerprint density at radius 2 is 2.19 bits per heavy atom. The number of rotatable bonds is 8. The second-order valence-electron chi connectivity index (χ2n) is 5.66. The van der Waals surface area contributed by atoms with Crippen molar-refractivity contribution in [1.82, 2.24) is 9.85 Å². The van der Waals surface area contributed by atoms with Gasteiger partial charge in [-0.15, -0.1) is 0 Å². The van der Waals surface area contributed by atoms with Gasteiger partial charge in [0, 0.05) is 11.6 Å². The molecule has 0 saturated carbocycles. The SMILES string of the molecule is C=COCCONC(=O)c1ccc2cnsc2c1Nc1ccc(C)cc1F. The molecule has 140 valence electrons. The highest BCUT2D eigenvalue weighted by Crippen LogP contribution is 2.33. The zero-order chi connectivity index (χ0) is 19.2. The van der Waals surface area contributed by atoms with Crippen molar-refractivity contribution in [3.8, 4) is 0 Å². The molecule has 0 spiro atoms. The Hall–Kier alpha value is -2.97. The van der Waals surface area contributed by atoms with Gasteiger partial charge in [0.1, 0.15) is 19.0 Å². The average Bonchev–Trinajstić information content (AvgIpc) is 3.13. The molecule has 0 saturated heterocycles. The third kappa shape index (κ3) is 4.42. The van der Waals surface area contributed by atoms with Gasteiger partial charge >= 0.3 is 0 Å². The fraction of sp³-hybridized carbons (Fsp3) is 0.158. The molecular weight excluding hydrogens is 369 g/mol. The molecule has 0 fully saturated rings. The number of hydrogen-bond donors (Lipinski definition) is 2. The van der Waals surface area contributed by atoms with Crippen LogP contribution in [0, 0.1) is 12.7 Å². The Balaban J connectivity index is 1.87. The summed E-state index contributed by atoms with van der Waals surface area (Å²) < 4.78 is 24.1. The van der Waals surface area contributed by atoms with E-state index < -0.39 is 11.7 Å². The van der Waals surface area contributed by atoms with Crippen LogP contribution >= 0.6 is 11.5 Å². The number of carbonyl (C=O) groups excluding carboxylic acids is 1. The minimum atomic E-state index is -0.459. The minimum Gasteiger partial charge on any atom is -0.499 e. The van der Waals surface area contributed by atoms with E-state index >= 15 is 0 Å². The van der Waals surface area contributed by atoms with Crippen LogP contribution in [0.4, 0.5) is 15.8 Å². The molecule has 0 aliphatic carbocycles. The van der Waals surface area contributed by atoms with Crippen LogP contribution in [0.2, 0.25) is 0 Å². The maximum absolute atomic E-state index is 14.3. The van der Waals surface area contributed by atoms with Gasteiger partial charge < -0.3 is 10.1 Å². The lowest BCUT2D eigenvalue weighted by Crippen LogP contribution is -2.26. The molecule has 3 aromatic rings. The Bertz CT molecular complexity index is 974. The summed E-state index contributed by atoms with van der Waals surface area (Å²) in [6.07, 6.45) is 2.99. The summed E-state index contributed by atoms with van der Waals surface area (Å²) in [5.74, 6) is -0.861. The van der Waals surface area contributed by atoms with Gasteiger partial charge in [-0.05, 0) is 42.2 Å². The van der Waals surface area contributed by atoms with Gasteiger partial charge in [0.05, 0.1) is 27.9 Å². The highest BCUT2D eigenvalue weighted by Gasteiger charge is 2.17. The molecule has 0 aliphatic rings. The molecule has 0 unspecified atom stereocenters. The lowest BCUT2D eigenvalue weighted by Gasteiger charge is -2.14. The van der Waals surface area contributed by atoms with Gasteiger partial charge in [0.2, 0.25) is 0 Å². The van der Waals surface area contributed by atoms with Crippen molar-refractivity contribution in [3.63, 3.8) is 0 Å². The molecule has 27 heavy (non-hydrogen) atoms. The van der Waals surface area contributed by atoms with Crippen molar-refractivity contribution in [2.24, 2.45) is 0 Å². The predicted octanol–water partition coefficient (Wildman–Crippen LogP) is 4.31. The predicted molar refractivity (Wildman–Crippen MR) is 104 cm³/mol. The molecule has 0 bridgehead atoms. The molecule has 2 aromatic carbocycles. The molecule has 6 nitrogen and oxygen atoms in total. The lowest BCUT2D eigenvalue weighted by molar-refractivity contribution is 0.0145. The van der Waals surface area contributed by atoms with E-state index in [2.05, 4.69) is 21.7 Å². The molecule has 0 radical (unpaired) electrons. The first-order valence-electron chi connectivity index (χ1n) is 8.15. The number of hydrogen-bond acceptors (Lipinski definition) is 6. The molecule has 3 rings (SSSR count). The van der Waals surface area contributed by atoms with Crippen LogP contribution in [-0.4, -0.2) is 23.5 Å². The number of nitrogens with one attached hydrogen (secondary N) is 2. The summed E-state index contributed by atoms with van der Waals surface area (Å²) in [5.41, 5.74) is 4.23. The van der Waals surface area contributed by atoms with Crippen LogP contribution in [-0.2, 0) is 9.57 Å². The first-order chi connectivity index (χ1) is 13.1. The monoisotopic (exact) mass is 387 g/mol. The molecule has 0 atom stereocenters. The molecule has 1 amide bonds. The summed E-state index contributed by atoms with van der Waals surface area (Å²) in [6, 6.07) is 8.28. The maximum atomic E-state index is 14.3. The lowest BCUT2D eigenvalue weighted by atomic mass is 10.1. The Morgan fingerprint density at radius 1 is 1.33 bits per heavy atom. The van der Waals surface area contributed by atoms with E-state index in [1.165, 1.54) is 23.9 Å². The second-order valence-corrected chi connectivity index (χ2v) is 6.46. The first-order valence-corrected chi connectivity index (χ1v) is 8.92. The number of fused-ring (bicyclic) bond motifs is 1. The van der Waals surface area contributed by atoms with Crippen LogP contribution in [0.15, 0.2) is 49.4 Å². The quantitative estimate of drug-likeness (QED) is 0.342. The van der Waals surface area contributed by atoms with Crippen molar-refractivity contribution >= 4 is 38.9 Å². The summed E-state index contributed by atoms with van der Waals surface area (Å²) in [7, 11) is 0. The number of halogens is 1. The van der Waals surface area contributed by atoms with E-state index in [1.807, 2.05) is 6.92 Å². The van der Waals surface area contributed by atoms with E-state index in [-0.39, 0.29) is 18.9 Å². The number of carbonyl (C=O) groups is 1. The number of aromatic nitrogens is 1. The Morgan fingerprint density at radius 3 is 2.96 bits per heavy atom. The summed E-state index contributed by atoms with van der Waals surface area (Å²) >= 11 is 1.22. The number of hydroxylamine groups is 1. The molecular formula is C19H18FN3O3S. The van der Waals surface area contributed by atoms with Crippen molar-refractivity contribution in [1.29, 1.82) is 0 Å². The van der Waals surface area contributed by atoms with Crippen LogP contribution < -0.4 is 10.8 Å². The third-order valence-electron chi connectivity index (χ3n) is 3.74. The number of benzene rings is 2. The number of nitrogens with zero attached hydrogens (tertiary/aromatic N) is 1. The molecule has 8 heteroatoms. The number of aryl methyl sites for hydroxylation is 1. The van der Waals surface area contributed by atoms with Crippen molar-refractivity contribution in [3.05, 3.63) is 66.3 Å². The van der Waals surface area contributed by atoms with E-state index in [0.717, 1.165) is 15.6 Å². The fourth-order valence-corrected chi connectivity index (χ4v) is 3.20. The highest BCUT2D eigenvalue weighted by atomic mass is 32.1. The minimum absolute atomic E-state index is 0.163. The highest BCUT2D eigenvalue weighted by molar-refractivity contribution is 7.14. The zero-order valence-electron chi connectivity index (χ0n) is 14.6. The smallest absolute Gasteiger partial charge is 0.277 e.